The second-order valence-corrected chi connectivity index (χ2v) is 6.51. The van der Waals surface area contributed by atoms with E-state index in [2.05, 4.69) is 5.32 Å². The average molecular weight is 391 g/mol. The van der Waals surface area contributed by atoms with Crippen molar-refractivity contribution in [2.75, 3.05) is 26.6 Å². The van der Waals surface area contributed by atoms with Gasteiger partial charge in [-0.3, -0.25) is 9.59 Å². The number of methoxy groups -OCH3 is 3. The fourth-order valence-corrected chi connectivity index (χ4v) is 3.22. The summed E-state index contributed by atoms with van der Waals surface area (Å²) in [6.07, 6.45) is 0. The minimum absolute atomic E-state index is 0.236. The standard InChI is InChI=1S/C19H21NO6S/c1-11(22)20-15-7-12(5-6-13(15)10-21)19(23)27-14-8-16(24-2)18(26-4)17(9-14)25-3/h5-9,21H,10H2,1-4H3,(H,20,22). The minimum Gasteiger partial charge on any atom is -0.493 e. The number of hydrogen-bond donors (Lipinski definition) is 2. The molecule has 2 N–H and O–H groups in total. The van der Waals surface area contributed by atoms with Crippen LogP contribution in [0.1, 0.15) is 22.8 Å². The van der Waals surface area contributed by atoms with Gasteiger partial charge in [0.2, 0.25) is 16.8 Å². The molecule has 0 heterocycles. The molecule has 0 spiro atoms. The van der Waals surface area contributed by atoms with E-state index >= 15 is 0 Å². The Morgan fingerprint density at radius 2 is 1.67 bits per heavy atom. The highest BCUT2D eigenvalue weighted by Gasteiger charge is 2.17. The predicted molar refractivity (Wildman–Crippen MR) is 103 cm³/mol. The highest BCUT2D eigenvalue weighted by atomic mass is 32.2. The number of aliphatic hydroxyl groups excluding tert-OH is 1. The average Bonchev–Trinajstić information content (AvgIpc) is 2.66. The molecule has 144 valence electrons. The summed E-state index contributed by atoms with van der Waals surface area (Å²) in [6.45, 7) is 1.12. The number of rotatable bonds is 7. The van der Waals surface area contributed by atoms with Gasteiger partial charge in [-0.15, -0.1) is 0 Å². The van der Waals surface area contributed by atoms with Crippen LogP contribution in [0.2, 0.25) is 0 Å². The summed E-state index contributed by atoms with van der Waals surface area (Å²) in [5.74, 6) is 1.05. The van der Waals surface area contributed by atoms with Crippen molar-refractivity contribution in [2.24, 2.45) is 0 Å². The van der Waals surface area contributed by atoms with Crippen LogP contribution in [0.4, 0.5) is 5.69 Å². The maximum Gasteiger partial charge on any atom is 0.224 e. The van der Waals surface area contributed by atoms with Crippen LogP contribution in [0.15, 0.2) is 35.2 Å². The van der Waals surface area contributed by atoms with E-state index < -0.39 is 0 Å². The SMILES string of the molecule is COc1cc(SC(=O)c2ccc(CO)c(NC(C)=O)c2)cc(OC)c1OC. The summed E-state index contributed by atoms with van der Waals surface area (Å²) in [5.41, 5.74) is 1.32. The van der Waals surface area contributed by atoms with Crippen LogP contribution >= 0.6 is 11.8 Å². The first kappa shape index (κ1) is 20.6. The molecule has 27 heavy (non-hydrogen) atoms. The van der Waals surface area contributed by atoms with Crippen molar-refractivity contribution in [3.8, 4) is 17.2 Å². The van der Waals surface area contributed by atoms with E-state index in [1.165, 1.54) is 28.3 Å². The third-order valence-corrected chi connectivity index (χ3v) is 4.57. The van der Waals surface area contributed by atoms with Crippen LogP contribution in [0.5, 0.6) is 17.2 Å². The zero-order chi connectivity index (χ0) is 20.0. The predicted octanol–water partition coefficient (Wildman–Crippen LogP) is 3.10. The van der Waals surface area contributed by atoms with E-state index in [9.17, 15) is 14.7 Å². The Morgan fingerprint density at radius 1 is 1.04 bits per heavy atom. The zero-order valence-electron chi connectivity index (χ0n) is 15.5. The van der Waals surface area contributed by atoms with Crippen molar-refractivity contribution in [3.63, 3.8) is 0 Å². The van der Waals surface area contributed by atoms with Crippen molar-refractivity contribution >= 4 is 28.5 Å². The first-order valence-electron chi connectivity index (χ1n) is 7.97. The van der Waals surface area contributed by atoms with Gasteiger partial charge in [0.25, 0.3) is 0 Å². The van der Waals surface area contributed by atoms with Crippen molar-refractivity contribution < 1.29 is 28.9 Å². The van der Waals surface area contributed by atoms with E-state index in [-0.39, 0.29) is 17.6 Å². The number of amides is 1. The van der Waals surface area contributed by atoms with Gasteiger partial charge in [-0.25, -0.2) is 0 Å². The van der Waals surface area contributed by atoms with Crippen molar-refractivity contribution in [2.45, 2.75) is 18.4 Å². The molecule has 0 aliphatic rings. The molecule has 7 nitrogen and oxygen atoms in total. The van der Waals surface area contributed by atoms with Gasteiger partial charge in [-0.2, -0.15) is 0 Å². The van der Waals surface area contributed by atoms with Gasteiger partial charge in [0.05, 0.1) is 27.9 Å². The third kappa shape index (κ3) is 4.93. The van der Waals surface area contributed by atoms with E-state index in [0.29, 0.717) is 39.0 Å². The Kier molecular flexibility index (Phi) is 7.09. The van der Waals surface area contributed by atoms with Gasteiger partial charge >= 0.3 is 0 Å². The van der Waals surface area contributed by atoms with Crippen LogP contribution in [-0.4, -0.2) is 37.5 Å². The van der Waals surface area contributed by atoms with E-state index in [1.807, 2.05) is 0 Å². The Bertz CT molecular complexity index is 827. The number of anilines is 1. The summed E-state index contributed by atoms with van der Waals surface area (Å²) in [5, 5.41) is 11.8. The maximum absolute atomic E-state index is 12.7. The molecule has 0 aromatic heterocycles. The molecule has 0 fully saturated rings. The minimum atomic E-state index is -0.286. The maximum atomic E-state index is 12.7. The summed E-state index contributed by atoms with van der Waals surface area (Å²) in [6, 6.07) is 8.11. The lowest BCUT2D eigenvalue weighted by Crippen LogP contribution is -2.09. The van der Waals surface area contributed by atoms with Crippen LogP contribution in [0.25, 0.3) is 0 Å². The van der Waals surface area contributed by atoms with E-state index in [4.69, 9.17) is 14.2 Å². The summed E-state index contributed by atoms with van der Waals surface area (Å²) >= 11 is 0.986. The third-order valence-electron chi connectivity index (χ3n) is 3.68. The lowest BCUT2D eigenvalue weighted by molar-refractivity contribution is -0.114. The van der Waals surface area contributed by atoms with Crippen molar-refractivity contribution in [3.05, 3.63) is 41.5 Å². The lowest BCUT2D eigenvalue weighted by atomic mass is 10.1. The number of benzene rings is 2. The summed E-state index contributed by atoms with van der Waals surface area (Å²) in [4.78, 5) is 24.6. The number of ether oxygens (including phenoxy) is 3. The molecule has 0 saturated carbocycles. The first-order valence-corrected chi connectivity index (χ1v) is 8.78. The quantitative estimate of drug-likeness (QED) is 0.701. The van der Waals surface area contributed by atoms with Crippen molar-refractivity contribution in [1.82, 2.24) is 0 Å². The van der Waals surface area contributed by atoms with Gasteiger partial charge in [-0.1, -0.05) is 6.07 Å². The topological polar surface area (TPSA) is 94.1 Å². The van der Waals surface area contributed by atoms with Crippen LogP contribution in [-0.2, 0) is 11.4 Å². The molecule has 8 heteroatoms. The Morgan fingerprint density at radius 3 is 2.15 bits per heavy atom. The highest BCUT2D eigenvalue weighted by molar-refractivity contribution is 8.14. The fraction of sp³-hybridized carbons (Fsp3) is 0.263. The number of carbonyl (C=O) groups excluding carboxylic acids is 2. The molecule has 2 aromatic rings. The van der Waals surface area contributed by atoms with Crippen LogP contribution in [0.3, 0.4) is 0 Å². The van der Waals surface area contributed by atoms with Gasteiger partial charge < -0.3 is 24.6 Å². The Labute approximate surface area is 161 Å². The first-order chi connectivity index (χ1) is 12.9. The Hall–Kier alpha value is -2.71. The lowest BCUT2D eigenvalue weighted by Gasteiger charge is -2.14. The smallest absolute Gasteiger partial charge is 0.224 e. The normalized spacial score (nSPS) is 10.3. The molecule has 0 bridgehead atoms. The molecule has 0 saturated heterocycles. The summed E-state index contributed by atoms with van der Waals surface area (Å²) in [7, 11) is 4.51. The molecule has 2 rings (SSSR count). The van der Waals surface area contributed by atoms with Gasteiger partial charge in [0.1, 0.15) is 0 Å². The molecule has 0 unspecified atom stereocenters. The summed E-state index contributed by atoms with van der Waals surface area (Å²) < 4.78 is 15.9. The fourth-order valence-electron chi connectivity index (χ4n) is 2.43. The molecular formula is C19H21NO6S. The molecule has 0 radical (unpaired) electrons. The molecular weight excluding hydrogens is 370 g/mol. The number of aliphatic hydroxyl groups is 1. The van der Waals surface area contributed by atoms with Crippen molar-refractivity contribution in [1.29, 1.82) is 0 Å². The van der Waals surface area contributed by atoms with Gasteiger partial charge in [-0.05, 0) is 36.0 Å². The monoisotopic (exact) mass is 391 g/mol. The van der Waals surface area contributed by atoms with Crippen LogP contribution < -0.4 is 19.5 Å². The number of hydrogen-bond acceptors (Lipinski definition) is 7. The molecule has 0 atom stereocenters. The van der Waals surface area contributed by atoms with Gasteiger partial charge in [0.15, 0.2) is 11.5 Å². The zero-order valence-corrected chi connectivity index (χ0v) is 16.3. The number of carbonyl (C=O) groups is 2. The van der Waals surface area contributed by atoms with Gasteiger partial charge in [0, 0.05) is 28.6 Å². The van der Waals surface area contributed by atoms with E-state index in [0.717, 1.165) is 11.8 Å². The number of nitrogens with one attached hydrogen (secondary N) is 1. The second-order valence-electron chi connectivity index (χ2n) is 5.46. The highest BCUT2D eigenvalue weighted by Crippen LogP contribution is 2.41. The molecule has 1 amide bonds. The molecule has 2 aromatic carbocycles. The van der Waals surface area contributed by atoms with E-state index in [1.54, 1.807) is 30.3 Å². The molecule has 0 aliphatic heterocycles. The number of thioether (sulfide) groups is 1. The molecule has 0 aliphatic carbocycles. The second kappa shape index (κ2) is 9.29. The van der Waals surface area contributed by atoms with Crippen LogP contribution in [0, 0.1) is 0 Å². The largest absolute Gasteiger partial charge is 0.493 e. The Balaban J connectivity index is 2.33.